The molecule has 1 aliphatic carbocycles. The van der Waals surface area contributed by atoms with Crippen LogP contribution in [0.2, 0.25) is 0 Å². The van der Waals surface area contributed by atoms with Gasteiger partial charge in [-0.1, -0.05) is 19.3 Å². The van der Waals surface area contributed by atoms with E-state index in [2.05, 4.69) is 16.8 Å². The number of methoxy groups -OCH3 is 1. The molecule has 0 atom stereocenters. The van der Waals surface area contributed by atoms with Gasteiger partial charge in [0.1, 0.15) is 5.75 Å². The minimum Gasteiger partial charge on any atom is -0.496 e. The molecular weight excluding hydrogens is 284 g/mol. The van der Waals surface area contributed by atoms with Crippen LogP contribution in [0.15, 0.2) is 6.20 Å². The second-order valence-corrected chi connectivity index (χ2v) is 6.38. The van der Waals surface area contributed by atoms with Crippen molar-refractivity contribution in [3.8, 4) is 5.75 Å². The summed E-state index contributed by atoms with van der Waals surface area (Å²) in [6.45, 7) is 5.96. The van der Waals surface area contributed by atoms with E-state index in [0.29, 0.717) is 11.9 Å². The molecule has 0 aromatic carbocycles. The Balaban J connectivity index is 2.16. The van der Waals surface area contributed by atoms with Crippen molar-refractivity contribution in [2.45, 2.75) is 58.5 Å². The van der Waals surface area contributed by atoms with Gasteiger partial charge in [0.05, 0.1) is 12.8 Å². The molecule has 4 heteroatoms. The van der Waals surface area contributed by atoms with Crippen LogP contribution in [-0.2, 0) is 6.54 Å². The lowest BCUT2D eigenvalue weighted by Crippen LogP contribution is -2.38. The van der Waals surface area contributed by atoms with E-state index in [4.69, 9.17) is 16.3 Å². The fraction of sp³-hybridized carbons (Fsp3) is 0.706. The first-order valence-electron chi connectivity index (χ1n) is 7.96. The van der Waals surface area contributed by atoms with Gasteiger partial charge >= 0.3 is 0 Å². The van der Waals surface area contributed by atoms with Crippen LogP contribution in [0.25, 0.3) is 0 Å². The zero-order valence-corrected chi connectivity index (χ0v) is 14.2. The van der Waals surface area contributed by atoms with Crippen molar-refractivity contribution < 1.29 is 4.74 Å². The molecule has 1 fully saturated rings. The van der Waals surface area contributed by atoms with Gasteiger partial charge in [0.2, 0.25) is 0 Å². The maximum absolute atomic E-state index is 6.02. The topological polar surface area (TPSA) is 25.4 Å². The second-order valence-electron chi connectivity index (χ2n) is 6.00. The Hall–Kier alpha value is -0.800. The normalized spacial score (nSPS) is 16.4. The molecule has 2 rings (SSSR count). The minimum absolute atomic E-state index is 0.658. The first-order valence-corrected chi connectivity index (χ1v) is 8.50. The average Bonchev–Trinajstić information content (AvgIpc) is 2.51. The number of alkyl halides is 1. The molecule has 1 aromatic heterocycles. The number of halogens is 1. The van der Waals surface area contributed by atoms with Crippen LogP contribution in [0, 0.1) is 13.8 Å². The Morgan fingerprint density at radius 1 is 1.29 bits per heavy atom. The van der Waals surface area contributed by atoms with Crippen molar-refractivity contribution in [3.63, 3.8) is 0 Å². The van der Waals surface area contributed by atoms with Gasteiger partial charge in [0.15, 0.2) is 0 Å². The van der Waals surface area contributed by atoms with E-state index in [0.717, 1.165) is 35.7 Å². The SMILES string of the molecule is COc1c(C)cnc(CN(CCCl)C2CCCCC2)c1C. The fourth-order valence-corrected chi connectivity index (χ4v) is 3.59. The van der Waals surface area contributed by atoms with Gasteiger partial charge in [-0.15, -0.1) is 11.6 Å². The van der Waals surface area contributed by atoms with Gasteiger partial charge in [-0.2, -0.15) is 0 Å². The van der Waals surface area contributed by atoms with E-state index in [1.807, 2.05) is 13.1 Å². The molecule has 0 bridgehead atoms. The van der Waals surface area contributed by atoms with Crippen molar-refractivity contribution in [1.29, 1.82) is 0 Å². The molecule has 118 valence electrons. The van der Waals surface area contributed by atoms with Crippen LogP contribution in [0.1, 0.15) is 48.9 Å². The Bertz CT molecular complexity index is 458. The third kappa shape index (κ3) is 4.10. The Labute approximate surface area is 133 Å². The van der Waals surface area contributed by atoms with E-state index in [9.17, 15) is 0 Å². The molecule has 3 nitrogen and oxygen atoms in total. The maximum Gasteiger partial charge on any atom is 0.128 e. The van der Waals surface area contributed by atoms with Crippen LogP contribution in [0.3, 0.4) is 0 Å². The molecule has 0 radical (unpaired) electrons. The summed E-state index contributed by atoms with van der Waals surface area (Å²) in [5.74, 6) is 1.65. The standard InChI is InChI=1S/C17H27ClN2O/c1-13-11-19-16(14(2)17(13)21-3)12-20(10-9-18)15-7-5-4-6-8-15/h11,15H,4-10,12H2,1-3H3. The van der Waals surface area contributed by atoms with Crippen molar-refractivity contribution in [3.05, 3.63) is 23.0 Å². The van der Waals surface area contributed by atoms with Crippen LogP contribution < -0.4 is 4.74 Å². The fourth-order valence-electron chi connectivity index (χ4n) is 3.37. The molecule has 0 amide bonds. The Morgan fingerprint density at radius 2 is 2.00 bits per heavy atom. The molecule has 1 heterocycles. The molecule has 1 aromatic rings. The molecule has 1 aliphatic rings. The molecular formula is C17H27ClN2O. The highest BCUT2D eigenvalue weighted by Gasteiger charge is 2.22. The third-order valence-electron chi connectivity index (χ3n) is 4.57. The number of pyridine rings is 1. The van der Waals surface area contributed by atoms with Crippen LogP contribution in [-0.4, -0.2) is 35.5 Å². The lowest BCUT2D eigenvalue weighted by molar-refractivity contribution is 0.155. The zero-order chi connectivity index (χ0) is 15.2. The number of ether oxygens (including phenoxy) is 1. The number of aromatic nitrogens is 1. The number of aryl methyl sites for hydroxylation is 1. The molecule has 0 spiro atoms. The lowest BCUT2D eigenvalue weighted by atomic mass is 9.94. The summed E-state index contributed by atoms with van der Waals surface area (Å²) in [4.78, 5) is 7.15. The van der Waals surface area contributed by atoms with Gasteiger partial charge in [-0.05, 0) is 26.7 Å². The quantitative estimate of drug-likeness (QED) is 0.740. The molecule has 0 unspecified atom stereocenters. The van der Waals surface area contributed by atoms with Gasteiger partial charge in [-0.3, -0.25) is 9.88 Å². The molecule has 0 saturated heterocycles. The van der Waals surface area contributed by atoms with Crippen LogP contribution in [0.4, 0.5) is 0 Å². The van der Waals surface area contributed by atoms with Gasteiger partial charge in [-0.25, -0.2) is 0 Å². The molecule has 0 N–H and O–H groups in total. The van der Waals surface area contributed by atoms with Crippen LogP contribution in [0.5, 0.6) is 5.75 Å². The largest absolute Gasteiger partial charge is 0.496 e. The molecule has 21 heavy (non-hydrogen) atoms. The van der Waals surface area contributed by atoms with Crippen molar-refractivity contribution >= 4 is 11.6 Å². The van der Waals surface area contributed by atoms with E-state index >= 15 is 0 Å². The predicted octanol–water partition coefficient (Wildman–Crippen LogP) is 4.08. The Morgan fingerprint density at radius 3 is 2.62 bits per heavy atom. The minimum atomic E-state index is 0.658. The third-order valence-corrected chi connectivity index (χ3v) is 4.73. The smallest absolute Gasteiger partial charge is 0.128 e. The van der Waals surface area contributed by atoms with Gasteiger partial charge in [0, 0.05) is 42.3 Å². The average molecular weight is 311 g/mol. The summed E-state index contributed by atoms with van der Waals surface area (Å²) in [5.41, 5.74) is 3.38. The predicted molar refractivity (Wildman–Crippen MR) is 88.3 cm³/mol. The maximum atomic E-state index is 6.02. The van der Waals surface area contributed by atoms with E-state index < -0.39 is 0 Å². The molecule has 1 saturated carbocycles. The summed E-state index contributed by atoms with van der Waals surface area (Å²) in [5, 5.41) is 0. The first kappa shape index (κ1) is 16.6. The highest BCUT2D eigenvalue weighted by atomic mass is 35.5. The second kappa shape index (κ2) is 8.00. The van der Waals surface area contributed by atoms with Gasteiger partial charge < -0.3 is 4.74 Å². The first-order chi connectivity index (χ1) is 10.2. The van der Waals surface area contributed by atoms with Crippen LogP contribution >= 0.6 is 11.6 Å². The summed E-state index contributed by atoms with van der Waals surface area (Å²) in [6, 6.07) is 0.658. The van der Waals surface area contributed by atoms with Crippen molar-refractivity contribution in [2.75, 3.05) is 19.5 Å². The lowest BCUT2D eigenvalue weighted by Gasteiger charge is -2.34. The monoisotopic (exact) mass is 310 g/mol. The van der Waals surface area contributed by atoms with Crippen molar-refractivity contribution in [2.24, 2.45) is 0 Å². The number of hydrogen-bond donors (Lipinski definition) is 0. The van der Waals surface area contributed by atoms with E-state index in [1.54, 1.807) is 7.11 Å². The summed E-state index contributed by atoms with van der Waals surface area (Å²) in [6.07, 6.45) is 8.56. The van der Waals surface area contributed by atoms with E-state index in [-0.39, 0.29) is 0 Å². The summed E-state index contributed by atoms with van der Waals surface area (Å²) in [7, 11) is 1.73. The van der Waals surface area contributed by atoms with Crippen molar-refractivity contribution in [1.82, 2.24) is 9.88 Å². The molecule has 0 aliphatic heterocycles. The number of rotatable bonds is 6. The van der Waals surface area contributed by atoms with Gasteiger partial charge in [0.25, 0.3) is 0 Å². The highest BCUT2D eigenvalue weighted by Crippen LogP contribution is 2.28. The Kier molecular flexibility index (Phi) is 6.31. The summed E-state index contributed by atoms with van der Waals surface area (Å²) >= 11 is 6.02. The summed E-state index contributed by atoms with van der Waals surface area (Å²) < 4.78 is 5.52. The highest BCUT2D eigenvalue weighted by molar-refractivity contribution is 6.18. The zero-order valence-electron chi connectivity index (χ0n) is 13.5. The number of hydrogen-bond acceptors (Lipinski definition) is 3. The number of nitrogens with zero attached hydrogens (tertiary/aromatic N) is 2. The van der Waals surface area contributed by atoms with E-state index in [1.165, 1.54) is 32.1 Å².